The van der Waals surface area contributed by atoms with Crippen LogP contribution in [0.4, 0.5) is 0 Å². The number of hydrogen-bond donors (Lipinski definition) is 0. The fraction of sp³-hybridized carbons (Fsp3) is 0.579. The van der Waals surface area contributed by atoms with Crippen molar-refractivity contribution >= 4 is 11.6 Å². The van der Waals surface area contributed by atoms with E-state index in [4.69, 9.17) is 5.26 Å². The average molecular weight is 339 g/mol. The normalized spacial score (nSPS) is 20.7. The van der Waals surface area contributed by atoms with Crippen LogP contribution in [0.25, 0.3) is 5.65 Å². The molecule has 25 heavy (non-hydrogen) atoms. The van der Waals surface area contributed by atoms with Crippen LogP contribution in [-0.2, 0) is 11.2 Å². The number of rotatable bonds is 3. The van der Waals surface area contributed by atoms with Gasteiger partial charge in [0, 0.05) is 30.9 Å². The summed E-state index contributed by atoms with van der Waals surface area (Å²) < 4.78 is 1.70. The summed E-state index contributed by atoms with van der Waals surface area (Å²) in [6.07, 6.45) is 3.88. The number of nitriles is 1. The summed E-state index contributed by atoms with van der Waals surface area (Å²) in [6, 6.07) is 2.12. The summed E-state index contributed by atoms with van der Waals surface area (Å²) in [7, 11) is 0. The topological polar surface area (TPSA) is 74.3 Å². The Hall–Kier alpha value is -2.42. The highest BCUT2D eigenvalue weighted by Crippen LogP contribution is 2.23. The van der Waals surface area contributed by atoms with E-state index in [2.05, 4.69) is 30.0 Å². The maximum absolute atomic E-state index is 12.6. The molecule has 132 valence electrons. The predicted octanol–water partition coefficient (Wildman–Crippen LogP) is 2.65. The molecule has 2 atom stereocenters. The van der Waals surface area contributed by atoms with Crippen LogP contribution in [0.1, 0.15) is 49.2 Å². The number of carbonyl (C=O) groups is 1. The van der Waals surface area contributed by atoms with Gasteiger partial charge < -0.3 is 4.90 Å². The Morgan fingerprint density at radius 1 is 1.32 bits per heavy atom. The first-order valence-corrected chi connectivity index (χ1v) is 8.92. The zero-order valence-corrected chi connectivity index (χ0v) is 15.4. The third-order valence-electron chi connectivity index (χ3n) is 5.14. The van der Waals surface area contributed by atoms with Gasteiger partial charge in [-0.15, -0.1) is 0 Å². The number of amides is 1. The smallest absolute Gasteiger partial charge is 0.222 e. The fourth-order valence-electron chi connectivity index (χ4n) is 4.01. The van der Waals surface area contributed by atoms with Crippen molar-refractivity contribution in [2.75, 3.05) is 13.1 Å². The molecule has 0 bridgehead atoms. The maximum Gasteiger partial charge on any atom is 0.222 e. The summed E-state index contributed by atoms with van der Waals surface area (Å²) in [6.45, 7) is 10.1. The first-order chi connectivity index (χ1) is 11.9. The van der Waals surface area contributed by atoms with E-state index in [1.165, 1.54) is 6.42 Å². The number of likely N-dealkylation sites (tertiary alicyclic amines) is 1. The van der Waals surface area contributed by atoms with Crippen molar-refractivity contribution in [2.24, 2.45) is 11.8 Å². The van der Waals surface area contributed by atoms with Crippen molar-refractivity contribution in [3.05, 3.63) is 28.7 Å². The minimum absolute atomic E-state index is 0.218. The van der Waals surface area contributed by atoms with Gasteiger partial charge in [0.1, 0.15) is 11.6 Å². The third kappa shape index (κ3) is 3.37. The van der Waals surface area contributed by atoms with Gasteiger partial charge in [-0.3, -0.25) is 4.79 Å². The molecule has 1 aliphatic heterocycles. The molecule has 1 aliphatic rings. The Bertz CT molecular complexity index is 838. The van der Waals surface area contributed by atoms with Gasteiger partial charge in [-0.05, 0) is 44.1 Å². The van der Waals surface area contributed by atoms with Crippen LogP contribution in [-0.4, -0.2) is 38.5 Å². The van der Waals surface area contributed by atoms with E-state index in [1.807, 2.05) is 18.7 Å². The lowest BCUT2D eigenvalue weighted by Gasteiger charge is -2.35. The van der Waals surface area contributed by atoms with Crippen molar-refractivity contribution in [3.63, 3.8) is 0 Å². The Kier molecular flexibility index (Phi) is 4.76. The highest BCUT2D eigenvalue weighted by atomic mass is 16.2. The van der Waals surface area contributed by atoms with E-state index in [0.29, 0.717) is 35.9 Å². The highest BCUT2D eigenvalue weighted by molar-refractivity contribution is 5.76. The lowest BCUT2D eigenvalue weighted by molar-refractivity contribution is -0.133. The van der Waals surface area contributed by atoms with Gasteiger partial charge in [0.05, 0.1) is 6.20 Å². The van der Waals surface area contributed by atoms with E-state index in [0.717, 1.165) is 30.0 Å². The summed E-state index contributed by atoms with van der Waals surface area (Å²) in [4.78, 5) is 19.2. The first kappa shape index (κ1) is 17.4. The van der Waals surface area contributed by atoms with Crippen molar-refractivity contribution in [2.45, 2.75) is 47.0 Å². The Morgan fingerprint density at radius 2 is 2.00 bits per heavy atom. The monoisotopic (exact) mass is 339 g/mol. The van der Waals surface area contributed by atoms with Gasteiger partial charge in [-0.25, -0.2) is 9.50 Å². The summed E-state index contributed by atoms with van der Waals surface area (Å²) >= 11 is 0. The van der Waals surface area contributed by atoms with Crippen LogP contribution >= 0.6 is 0 Å². The second-order valence-electron chi connectivity index (χ2n) is 7.41. The lowest BCUT2D eigenvalue weighted by atomic mass is 9.91. The van der Waals surface area contributed by atoms with Gasteiger partial charge in [0.2, 0.25) is 5.91 Å². The van der Waals surface area contributed by atoms with Gasteiger partial charge in [0.25, 0.3) is 0 Å². The number of carbonyl (C=O) groups excluding carboxylic acids is 1. The summed E-state index contributed by atoms with van der Waals surface area (Å²) in [5, 5.41) is 13.4. The highest BCUT2D eigenvalue weighted by Gasteiger charge is 2.25. The van der Waals surface area contributed by atoms with Gasteiger partial charge >= 0.3 is 0 Å². The number of hydrogen-bond acceptors (Lipinski definition) is 4. The average Bonchev–Trinajstić information content (AvgIpc) is 2.96. The maximum atomic E-state index is 12.6. The van der Waals surface area contributed by atoms with Crippen molar-refractivity contribution in [1.29, 1.82) is 5.26 Å². The van der Waals surface area contributed by atoms with E-state index < -0.39 is 0 Å². The lowest BCUT2D eigenvalue weighted by Crippen LogP contribution is -2.42. The molecule has 0 saturated carbocycles. The van der Waals surface area contributed by atoms with Crippen molar-refractivity contribution in [1.82, 2.24) is 19.5 Å². The molecule has 2 aromatic rings. The number of piperidine rings is 1. The molecule has 2 unspecified atom stereocenters. The van der Waals surface area contributed by atoms with E-state index in [9.17, 15) is 4.79 Å². The number of aromatic nitrogens is 3. The minimum Gasteiger partial charge on any atom is -0.342 e. The molecule has 3 heterocycles. The predicted molar refractivity (Wildman–Crippen MR) is 95.0 cm³/mol. The largest absolute Gasteiger partial charge is 0.342 e. The second kappa shape index (κ2) is 6.83. The molecule has 0 aromatic carbocycles. The molecule has 6 nitrogen and oxygen atoms in total. The fourth-order valence-corrected chi connectivity index (χ4v) is 4.01. The molecule has 1 amide bonds. The van der Waals surface area contributed by atoms with Crippen LogP contribution in [0.3, 0.4) is 0 Å². The molecule has 0 aliphatic carbocycles. The molecule has 0 radical (unpaired) electrons. The molecule has 0 spiro atoms. The van der Waals surface area contributed by atoms with Crippen LogP contribution in [0.15, 0.2) is 6.20 Å². The molecular weight excluding hydrogens is 314 g/mol. The standard InChI is InChI=1S/C19H25N5O/c1-12-7-13(2)11-23(10-12)18(25)6-5-17-14(3)22-19-16(8-20)9-21-24(19)15(17)4/h9,12-13H,5-7,10-11H2,1-4H3. The molecule has 2 aromatic heterocycles. The molecule has 1 saturated heterocycles. The van der Waals surface area contributed by atoms with Crippen molar-refractivity contribution < 1.29 is 4.79 Å². The number of aryl methyl sites for hydroxylation is 2. The van der Waals surface area contributed by atoms with Gasteiger partial charge in [-0.1, -0.05) is 13.8 Å². The molecule has 3 rings (SSSR count). The van der Waals surface area contributed by atoms with E-state index in [-0.39, 0.29) is 5.91 Å². The second-order valence-corrected chi connectivity index (χ2v) is 7.41. The van der Waals surface area contributed by atoms with Gasteiger partial charge in [0.15, 0.2) is 5.65 Å². The molecular formula is C19H25N5O. The SMILES string of the molecule is Cc1nc2c(C#N)cnn2c(C)c1CCC(=O)N1CC(C)CC(C)C1. The first-order valence-electron chi connectivity index (χ1n) is 8.92. The Balaban J connectivity index is 1.77. The van der Waals surface area contributed by atoms with Crippen LogP contribution in [0.2, 0.25) is 0 Å². The Morgan fingerprint density at radius 3 is 2.64 bits per heavy atom. The molecule has 6 heteroatoms. The van der Waals surface area contributed by atoms with Crippen LogP contribution in [0, 0.1) is 37.0 Å². The summed E-state index contributed by atoms with van der Waals surface area (Å²) in [5.41, 5.74) is 3.94. The molecule has 1 fully saturated rings. The minimum atomic E-state index is 0.218. The van der Waals surface area contributed by atoms with Crippen LogP contribution < -0.4 is 0 Å². The third-order valence-corrected chi connectivity index (χ3v) is 5.14. The van der Waals surface area contributed by atoms with Crippen LogP contribution in [0.5, 0.6) is 0 Å². The quantitative estimate of drug-likeness (QED) is 0.861. The van der Waals surface area contributed by atoms with Gasteiger partial charge in [-0.2, -0.15) is 10.4 Å². The van der Waals surface area contributed by atoms with E-state index >= 15 is 0 Å². The van der Waals surface area contributed by atoms with E-state index in [1.54, 1.807) is 10.7 Å². The number of nitrogens with zero attached hydrogens (tertiary/aromatic N) is 5. The van der Waals surface area contributed by atoms with Crippen molar-refractivity contribution in [3.8, 4) is 6.07 Å². The number of fused-ring (bicyclic) bond motifs is 1. The Labute approximate surface area is 148 Å². The molecule has 0 N–H and O–H groups in total. The summed E-state index contributed by atoms with van der Waals surface area (Å²) in [5.74, 6) is 1.36. The zero-order chi connectivity index (χ0) is 18.1. The zero-order valence-electron chi connectivity index (χ0n) is 15.4.